The number of halogens is 2. The molecule has 0 aliphatic carbocycles. The molecule has 0 bridgehead atoms. The van der Waals surface area contributed by atoms with Crippen molar-refractivity contribution in [1.29, 1.82) is 0 Å². The molecule has 124 valence electrons. The van der Waals surface area contributed by atoms with Crippen LogP contribution in [0.2, 0.25) is 0 Å². The second kappa shape index (κ2) is 6.72. The average Bonchev–Trinajstić information content (AvgIpc) is 2.94. The molecular formula is C16H19F2N3O2. The number of aliphatic hydroxyl groups excluding tert-OH is 1. The summed E-state index contributed by atoms with van der Waals surface area (Å²) < 4.78 is 31.8. The van der Waals surface area contributed by atoms with Crippen molar-refractivity contribution in [2.75, 3.05) is 19.6 Å². The van der Waals surface area contributed by atoms with Gasteiger partial charge in [-0.3, -0.25) is 0 Å². The maximum absolute atomic E-state index is 13.7. The first-order chi connectivity index (χ1) is 11.0. The molecule has 7 heteroatoms. The molecule has 1 saturated heterocycles. The number of β-amino-alcohol motifs (C(OH)–C–C–N with tert-alkyl or cyclic N) is 1. The molecule has 0 spiro atoms. The highest BCUT2D eigenvalue weighted by atomic mass is 19.1. The normalized spacial score (nSPS) is 18.3. The Morgan fingerprint density at radius 2 is 2.09 bits per heavy atom. The summed E-state index contributed by atoms with van der Waals surface area (Å²) in [5.41, 5.74) is 0.126. The van der Waals surface area contributed by atoms with Crippen LogP contribution in [-0.2, 0) is 0 Å². The van der Waals surface area contributed by atoms with Crippen molar-refractivity contribution < 1.29 is 18.4 Å². The van der Waals surface area contributed by atoms with E-state index in [1.165, 1.54) is 6.07 Å². The van der Waals surface area contributed by atoms with Gasteiger partial charge in [0.2, 0.25) is 5.89 Å². The van der Waals surface area contributed by atoms with Gasteiger partial charge in [-0.2, -0.15) is 4.98 Å². The molecule has 0 saturated carbocycles. The zero-order valence-corrected chi connectivity index (χ0v) is 12.9. The predicted octanol–water partition coefficient (Wildman–Crippen LogP) is 2.57. The van der Waals surface area contributed by atoms with Crippen LogP contribution in [0.3, 0.4) is 0 Å². The molecule has 1 aliphatic rings. The molecule has 1 atom stereocenters. The second-order valence-corrected chi connectivity index (χ2v) is 5.94. The highest BCUT2D eigenvalue weighted by Gasteiger charge is 2.26. The van der Waals surface area contributed by atoms with Gasteiger partial charge in [0.15, 0.2) is 5.82 Å². The molecule has 0 radical (unpaired) electrons. The second-order valence-electron chi connectivity index (χ2n) is 5.94. The predicted molar refractivity (Wildman–Crippen MR) is 78.8 cm³/mol. The van der Waals surface area contributed by atoms with Crippen molar-refractivity contribution in [3.05, 3.63) is 47.1 Å². The van der Waals surface area contributed by atoms with Crippen molar-refractivity contribution in [2.24, 2.45) is 0 Å². The fourth-order valence-corrected chi connectivity index (χ4v) is 2.96. The van der Waals surface area contributed by atoms with E-state index in [0.717, 1.165) is 38.1 Å². The van der Waals surface area contributed by atoms with E-state index >= 15 is 0 Å². The first-order valence-corrected chi connectivity index (χ1v) is 7.68. The first-order valence-electron chi connectivity index (χ1n) is 7.68. The third kappa shape index (κ3) is 3.73. The van der Waals surface area contributed by atoms with Crippen LogP contribution in [0.1, 0.15) is 42.1 Å². The lowest BCUT2D eigenvalue weighted by Crippen LogP contribution is -2.36. The summed E-state index contributed by atoms with van der Waals surface area (Å²) in [5, 5.41) is 14.0. The quantitative estimate of drug-likeness (QED) is 0.937. The fourth-order valence-electron chi connectivity index (χ4n) is 2.96. The van der Waals surface area contributed by atoms with Gasteiger partial charge < -0.3 is 14.5 Å². The Bertz CT molecular complexity index is 669. The lowest BCUT2D eigenvalue weighted by Gasteiger charge is -2.31. The van der Waals surface area contributed by atoms with E-state index in [1.807, 2.05) is 0 Å². The summed E-state index contributed by atoms with van der Waals surface area (Å²) in [5.74, 6) is 0.159. The van der Waals surface area contributed by atoms with Gasteiger partial charge in [0.25, 0.3) is 0 Å². The first kappa shape index (κ1) is 16.0. The molecule has 3 rings (SSSR count). The van der Waals surface area contributed by atoms with Gasteiger partial charge in [0.05, 0.1) is 6.10 Å². The van der Waals surface area contributed by atoms with Gasteiger partial charge in [-0.05, 0) is 38.9 Å². The van der Waals surface area contributed by atoms with Crippen molar-refractivity contribution in [3.63, 3.8) is 0 Å². The van der Waals surface area contributed by atoms with Gasteiger partial charge in [0.1, 0.15) is 11.6 Å². The van der Waals surface area contributed by atoms with Gasteiger partial charge in [-0.25, -0.2) is 8.78 Å². The van der Waals surface area contributed by atoms with E-state index in [9.17, 15) is 13.9 Å². The van der Waals surface area contributed by atoms with Crippen LogP contribution in [0.4, 0.5) is 8.78 Å². The van der Waals surface area contributed by atoms with Crippen LogP contribution >= 0.6 is 0 Å². The molecule has 1 aromatic carbocycles. The van der Waals surface area contributed by atoms with Crippen LogP contribution in [0, 0.1) is 18.6 Å². The van der Waals surface area contributed by atoms with Crippen LogP contribution in [0.5, 0.6) is 0 Å². The molecule has 1 aliphatic heterocycles. The van der Waals surface area contributed by atoms with Crippen LogP contribution < -0.4 is 0 Å². The van der Waals surface area contributed by atoms with E-state index in [4.69, 9.17) is 4.52 Å². The highest BCUT2D eigenvalue weighted by Crippen LogP contribution is 2.28. The van der Waals surface area contributed by atoms with Crippen molar-refractivity contribution in [2.45, 2.75) is 31.8 Å². The monoisotopic (exact) mass is 323 g/mol. The maximum Gasteiger partial charge on any atom is 0.229 e. The van der Waals surface area contributed by atoms with E-state index in [-0.39, 0.29) is 11.5 Å². The van der Waals surface area contributed by atoms with Crippen molar-refractivity contribution in [1.82, 2.24) is 15.0 Å². The number of likely N-dealkylation sites (tertiary alicyclic amines) is 1. The summed E-state index contributed by atoms with van der Waals surface area (Å²) in [4.78, 5) is 6.32. The van der Waals surface area contributed by atoms with Gasteiger partial charge in [-0.1, -0.05) is 11.2 Å². The largest absolute Gasteiger partial charge is 0.387 e. The smallest absolute Gasteiger partial charge is 0.229 e. The molecule has 2 aromatic rings. The number of aromatic nitrogens is 2. The van der Waals surface area contributed by atoms with Gasteiger partial charge in [0, 0.05) is 24.1 Å². The highest BCUT2D eigenvalue weighted by molar-refractivity contribution is 5.21. The third-order valence-corrected chi connectivity index (χ3v) is 4.23. The third-order valence-electron chi connectivity index (χ3n) is 4.23. The van der Waals surface area contributed by atoms with Gasteiger partial charge in [-0.15, -0.1) is 0 Å². The summed E-state index contributed by atoms with van der Waals surface area (Å²) in [6, 6.07) is 3.25. The fraction of sp³-hybridized carbons (Fsp3) is 0.500. The zero-order chi connectivity index (χ0) is 16.4. The van der Waals surface area contributed by atoms with Crippen LogP contribution in [0.15, 0.2) is 22.7 Å². The molecule has 1 fully saturated rings. The van der Waals surface area contributed by atoms with Crippen LogP contribution in [0.25, 0.3) is 0 Å². The summed E-state index contributed by atoms with van der Waals surface area (Å²) in [6.45, 7) is 3.62. The molecular weight excluding hydrogens is 304 g/mol. The van der Waals surface area contributed by atoms with Crippen LogP contribution in [-0.4, -0.2) is 39.8 Å². The SMILES string of the molecule is Cc1noc(C2CCN(CC(O)c3ccc(F)cc3F)CC2)n1. The standard InChI is InChI=1S/C16H19F2N3O2/c1-10-19-16(23-20-10)11-4-6-21(7-5-11)9-15(22)13-3-2-12(17)8-14(13)18/h2-3,8,11,15,22H,4-7,9H2,1H3. The molecule has 1 unspecified atom stereocenters. The Kier molecular flexibility index (Phi) is 4.68. The number of hydrogen-bond donors (Lipinski definition) is 1. The molecule has 5 nitrogen and oxygen atoms in total. The van der Waals surface area contributed by atoms with Gasteiger partial charge >= 0.3 is 0 Å². The summed E-state index contributed by atoms with van der Waals surface area (Å²) >= 11 is 0. The minimum absolute atomic E-state index is 0.126. The molecule has 2 heterocycles. The van der Waals surface area contributed by atoms with E-state index in [2.05, 4.69) is 15.0 Å². The lowest BCUT2D eigenvalue weighted by molar-refractivity contribution is 0.0917. The van der Waals surface area contributed by atoms with E-state index in [1.54, 1.807) is 6.92 Å². The number of aliphatic hydroxyl groups is 1. The zero-order valence-electron chi connectivity index (χ0n) is 12.9. The lowest BCUT2D eigenvalue weighted by atomic mass is 9.96. The Morgan fingerprint density at radius 1 is 1.35 bits per heavy atom. The minimum atomic E-state index is -0.974. The molecule has 23 heavy (non-hydrogen) atoms. The number of aryl methyl sites for hydroxylation is 1. The summed E-state index contributed by atoms with van der Waals surface area (Å²) in [6.07, 6.45) is 0.721. The Hall–Kier alpha value is -1.86. The topological polar surface area (TPSA) is 62.4 Å². The van der Waals surface area contributed by atoms with E-state index in [0.29, 0.717) is 18.3 Å². The molecule has 0 amide bonds. The number of rotatable bonds is 4. The van der Waals surface area contributed by atoms with Crippen molar-refractivity contribution in [3.8, 4) is 0 Å². The Morgan fingerprint density at radius 3 is 2.70 bits per heavy atom. The number of hydrogen-bond acceptors (Lipinski definition) is 5. The average molecular weight is 323 g/mol. The minimum Gasteiger partial charge on any atom is -0.387 e. The Balaban J connectivity index is 1.56. The Labute approximate surface area is 132 Å². The molecule has 1 aromatic heterocycles. The number of piperidine rings is 1. The number of benzene rings is 1. The molecule has 1 N–H and O–H groups in total. The number of nitrogens with zero attached hydrogens (tertiary/aromatic N) is 3. The summed E-state index contributed by atoms with van der Waals surface area (Å²) in [7, 11) is 0. The van der Waals surface area contributed by atoms with E-state index < -0.39 is 17.7 Å². The maximum atomic E-state index is 13.7. The van der Waals surface area contributed by atoms with Crippen molar-refractivity contribution >= 4 is 0 Å².